The summed E-state index contributed by atoms with van der Waals surface area (Å²) in [6, 6.07) is 9.83. The van der Waals surface area contributed by atoms with Crippen LogP contribution in [-0.2, 0) is 11.3 Å². The normalized spacial score (nSPS) is 14.9. The average molecular weight is 210 g/mol. The summed E-state index contributed by atoms with van der Waals surface area (Å²) in [6.07, 6.45) is -0.536. The van der Waals surface area contributed by atoms with Crippen molar-refractivity contribution >= 4 is 0 Å². The smallest absolute Gasteiger partial charge is 0.0717 e. The van der Waals surface area contributed by atoms with E-state index in [0.29, 0.717) is 13.2 Å². The van der Waals surface area contributed by atoms with Gasteiger partial charge in [0.1, 0.15) is 0 Å². The lowest BCUT2D eigenvalue weighted by Crippen LogP contribution is -2.25. The van der Waals surface area contributed by atoms with E-state index in [1.54, 1.807) is 6.92 Å². The van der Waals surface area contributed by atoms with Crippen molar-refractivity contribution in [3.05, 3.63) is 35.9 Å². The Kier molecular flexibility index (Phi) is 5.32. The topological polar surface area (TPSA) is 49.7 Å². The second-order valence-corrected chi connectivity index (χ2v) is 3.68. The van der Waals surface area contributed by atoms with E-state index in [-0.39, 0.29) is 12.5 Å². The van der Waals surface area contributed by atoms with Crippen LogP contribution in [0.15, 0.2) is 30.3 Å². The summed E-state index contributed by atoms with van der Waals surface area (Å²) in [7, 11) is 0. The number of rotatable bonds is 6. The fraction of sp³-hybridized carbons (Fsp3) is 0.500. The van der Waals surface area contributed by atoms with Gasteiger partial charge in [0.05, 0.1) is 25.9 Å². The van der Waals surface area contributed by atoms with Gasteiger partial charge in [0.2, 0.25) is 0 Å². The Bertz CT molecular complexity index is 259. The van der Waals surface area contributed by atoms with Crippen LogP contribution in [0.1, 0.15) is 12.5 Å². The highest BCUT2D eigenvalue weighted by Gasteiger charge is 2.13. The lowest BCUT2D eigenvalue weighted by molar-refractivity contribution is 0.00344. The van der Waals surface area contributed by atoms with Crippen molar-refractivity contribution in [3.8, 4) is 0 Å². The molecule has 84 valence electrons. The fourth-order valence-corrected chi connectivity index (χ4v) is 1.25. The van der Waals surface area contributed by atoms with E-state index in [0.717, 1.165) is 5.56 Å². The molecular weight excluding hydrogens is 192 g/mol. The highest BCUT2D eigenvalue weighted by Crippen LogP contribution is 2.06. The molecule has 0 aromatic heterocycles. The van der Waals surface area contributed by atoms with Gasteiger partial charge in [-0.15, -0.1) is 0 Å². The van der Waals surface area contributed by atoms with E-state index in [2.05, 4.69) is 0 Å². The first-order valence-electron chi connectivity index (χ1n) is 5.14. The predicted molar refractivity (Wildman–Crippen MR) is 58.4 cm³/mol. The van der Waals surface area contributed by atoms with Crippen LogP contribution in [0, 0.1) is 5.92 Å². The van der Waals surface area contributed by atoms with Crippen LogP contribution in [0.2, 0.25) is 0 Å². The fourth-order valence-electron chi connectivity index (χ4n) is 1.25. The largest absolute Gasteiger partial charge is 0.396 e. The van der Waals surface area contributed by atoms with E-state index >= 15 is 0 Å². The summed E-state index contributed by atoms with van der Waals surface area (Å²) >= 11 is 0. The van der Waals surface area contributed by atoms with Crippen molar-refractivity contribution in [2.24, 2.45) is 5.92 Å². The summed E-state index contributed by atoms with van der Waals surface area (Å²) in [6.45, 7) is 2.51. The van der Waals surface area contributed by atoms with Gasteiger partial charge in [-0.05, 0) is 12.5 Å². The van der Waals surface area contributed by atoms with E-state index in [4.69, 9.17) is 9.84 Å². The average Bonchev–Trinajstić information content (AvgIpc) is 2.25. The van der Waals surface area contributed by atoms with Crippen molar-refractivity contribution < 1.29 is 14.9 Å². The maximum absolute atomic E-state index is 9.27. The number of hydrogen-bond donors (Lipinski definition) is 2. The van der Waals surface area contributed by atoms with Gasteiger partial charge in [-0.25, -0.2) is 0 Å². The second-order valence-electron chi connectivity index (χ2n) is 3.68. The lowest BCUT2D eigenvalue weighted by Gasteiger charge is -2.17. The lowest BCUT2D eigenvalue weighted by atomic mass is 10.1. The summed E-state index contributed by atoms with van der Waals surface area (Å²) in [4.78, 5) is 0. The summed E-state index contributed by atoms with van der Waals surface area (Å²) in [5.41, 5.74) is 1.10. The molecule has 0 aliphatic rings. The van der Waals surface area contributed by atoms with Crippen LogP contribution >= 0.6 is 0 Å². The molecule has 1 aromatic carbocycles. The van der Waals surface area contributed by atoms with Gasteiger partial charge in [-0.2, -0.15) is 0 Å². The molecule has 0 aliphatic carbocycles. The van der Waals surface area contributed by atoms with Gasteiger partial charge in [-0.3, -0.25) is 0 Å². The highest BCUT2D eigenvalue weighted by molar-refractivity contribution is 5.13. The van der Waals surface area contributed by atoms with E-state index in [1.807, 2.05) is 30.3 Å². The third kappa shape index (κ3) is 4.42. The van der Waals surface area contributed by atoms with Gasteiger partial charge in [-0.1, -0.05) is 30.3 Å². The van der Waals surface area contributed by atoms with Gasteiger partial charge in [0.25, 0.3) is 0 Å². The van der Waals surface area contributed by atoms with Crippen LogP contribution in [0.25, 0.3) is 0 Å². The molecule has 15 heavy (non-hydrogen) atoms. The Hall–Kier alpha value is -0.900. The van der Waals surface area contributed by atoms with E-state index in [1.165, 1.54) is 0 Å². The number of aliphatic hydroxyl groups is 2. The minimum absolute atomic E-state index is 0.0492. The Morgan fingerprint density at radius 1 is 1.27 bits per heavy atom. The molecule has 0 saturated carbocycles. The Balaban J connectivity index is 2.27. The standard InChI is InChI=1S/C12H18O3/c1-10(14)12(7-13)9-15-8-11-5-3-2-4-6-11/h2-6,10,12-14H,7-9H2,1H3. The Morgan fingerprint density at radius 2 is 1.93 bits per heavy atom. The quantitative estimate of drug-likeness (QED) is 0.741. The van der Waals surface area contributed by atoms with Crippen LogP contribution < -0.4 is 0 Å². The van der Waals surface area contributed by atoms with Crippen molar-refractivity contribution in [3.63, 3.8) is 0 Å². The maximum Gasteiger partial charge on any atom is 0.0717 e. The van der Waals surface area contributed by atoms with E-state index in [9.17, 15) is 5.11 Å². The van der Waals surface area contributed by atoms with Crippen molar-refractivity contribution in [1.82, 2.24) is 0 Å². The molecule has 3 heteroatoms. The third-order valence-corrected chi connectivity index (χ3v) is 2.36. The molecule has 1 aromatic rings. The zero-order valence-corrected chi connectivity index (χ0v) is 8.97. The van der Waals surface area contributed by atoms with Gasteiger partial charge in [0, 0.05) is 5.92 Å². The molecule has 3 nitrogen and oxygen atoms in total. The third-order valence-electron chi connectivity index (χ3n) is 2.36. The summed E-state index contributed by atoms with van der Waals surface area (Å²) in [5, 5.41) is 18.2. The first kappa shape index (κ1) is 12.2. The number of hydrogen-bond acceptors (Lipinski definition) is 3. The summed E-state index contributed by atoms with van der Waals surface area (Å²) in [5.74, 6) is -0.200. The van der Waals surface area contributed by atoms with Crippen LogP contribution in [0.4, 0.5) is 0 Å². The first-order chi connectivity index (χ1) is 7.24. The first-order valence-corrected chi connectivity index (χ1v) is 5.14. The molecular formula is C12H18O3. The van der Waals surface area contributed by atoms with Crippen LogP contribution in [0.3, 0.4) is 0 Å². The minimum atomic E-state index is -0.536. The van der Waals surface area contributed by atoms with Crippen LogP contribution in [-0.4, -0.2) is 29.5 Å². The molecule has 0 aliphatic heterocycles. The highest BCUT2D eigenvalue weighted by atomic mass is 16.5. The molecule has 2 unspecified atom stereocenters. The van der Waals surface area contributed by atoms with E-state index < -0.39 is 6.10 Å². The molecule has 0 amide bonds. The second kappa shape index (κ2) is 6.56. The minimum Gasteiger partial charge on any atom is -0.396 e. The monoisotopic (exact) mass is 210 g/mol. The predicted octanol–water partition coefficient (Wildman–Crippen LogP) is 1.19. The molecule has 0 bridgehead atoms. The number of ether oxygens (including phenoxy) is 1. The molecule has 0 saturated heterocycles. The molecule has 0 radical (unpaired) electrons. The molecule has 0 heterocycles. The zero-order valence-electron chi connectivity index (χ0n) is 8.97. The summed E-state index contributed by atoms with van der Waals surface area (Å²) < 4.78 is 5.41. The molecule has 1 rings (SSSR count). The molecule has 2 N–H and O–H groups in total. The number of benzene rings is 1. The Labute approximate surface area is 90.3 Å². The zero-order chi connectivity index (χ0) is 11.1. The number of aliphatic hydroxyl groups excluding tert-OH is 2. The molecule has 2 atom stereocenters. The maximum atomic E-state index is 9.27. The van der Waals surface area contributed by atoms with Gasteiger partial charge >= 0.3 is 0 Å². The SMILES string of the molecule is CC(O)C(CO)COCc1ccccc1. The van der Waals surface area contributed by atoms with Crippen molar-refractivity contribution in [1.29, 1.82) is 0 Å². The Morgan fingerprint density at radius 3 is 2.47 bits per heavy atom. The van der Waals surface area contributed by atoms with Gasteiger partial charge in [0.15, 0.2) is 0 Å². The van der Waals surface area contributed by atoms with Gasteiger partial charge < -0.3 is 14.9 Å². The van der Waals surface area contributed by atoms with Crippen LogP contribution in [0.5, 0.6) is 0 Å². The van der Waals surface area contributed by atoms with Crippen molar-refractivity contribution in [2.75, 3.05) is 13.2 Å². The molecule has 0 fully saturated rings. The van der Waals surface area contributed by atoms with Crippen molar-refractivity contribution in [2.45, 2.75) is 19.6 Å². The molecule has 0 spiro atoms.